The third-order valence-corrected chi connectivity index (χ3v) is 3.34. The number of hydrogen-bond acceptors (Lipinski definition) is 7. The van der Waals surface area contributed by atoms with E-state index in [9.17, 15) is 14.9 Å². The lowest BCUT2D eigenvalue weighted by molar-refractivity contribution is -0.386. The number of methoxy groups -OCH3 is 1. The van der Waals surface area contributed by atoms with Crippen LogP contribution < -0.4 is 14.9 Å². The van der Waals surface area contributed by atoms with Crippen LogP contribution in [0.25, 0.3) is 0 Å². The lowest BCUT2D eigenvalue weighted by atomic mass is 10.2. The number of nitro groups is 1. The van der Waals surface area contributed by atoms with Gasteiger partial charge in [0.25, 0.3) is 0 Å². The molecule has 0 saturated carbocycles. The molecule has 142 valence electrons. The molecule has 9 nitrogen and oxygen atoms in total. The summed E-state index contributed by atoms with van der Waals surface area (Å²) in [5.41, 5.74) is 3.44. The SMILES string of the molecule is COc1cc(/C=N/Nc2cccc(C(=O)O)c2)cc([N+](=O)[O-])c1OC(C)C. The second-order valence-corrected chi connectivity index (χ2v) is 5.75. The third kappa shape index (κ3) is 5.18. The molecule has 0 unspecified atom stereocenters. The van der Waals surface area contributed by atoms with E-state index in [4.69, 9.17) is 14.6 Å². The van der Waals surface area contributed by atoms with Crippen LogP contribution in [-0.4, -0.2) is 35.4 Å². The maximum Gasteiger partial charge on any atom is 0.335 e. The Morgan fingerprint density at radius 3 is 2.67 bits per heavy atom. The molecule has 2 N–H and O–H groups in total. The second-order valence-electron chi connectivity index (χ2n) is 5.75. The lowest BCUT2D eigenvalue weighted by Gasteiger charge is -2.14. The number of carboxylic acids is 1. The van der Waals surface area contributed by atoms with Crippen molar-refractivity contribution in [1.82, 2.24) is 0 Å². The highest BCUT2D eigenvalue weighted by molar-refractivity contribution is 5.89. The van der Waals surface area contributed by atoms with Crippen LogP contribution >= 0.6 is 0 Å². The Morgan fingerprint density at radius 1 is 1.33 bits per heavy atom. The van der Waals surface area contributed by atoms with E-state index in [-0.39, 0.29) is 28.9 Å². The van der Waals surface area contributed by atoms with Crippen molar-refractivity contribution in [2.75, 3.05) is 12.5 Å². The highest BCUT2D eigenvalue weighted by atomic mass is 16.6. The summed E-state index contributed by atoms with van der Waals surface area (Å²) in [6, 6.07) is 8.98. The molecule has 0 bridgehead atoms. The van der Waals surface area contributed by atoms with Gasteiger partial charge in [-0.15, -0.1) is 0 Å². The first kappa shape index (κ1) is 19.7. The predicted molar refractivity (Wildman–Crippen MR) is 100 cm³/mol. The molecule has 2 rings (SSSR count). The Hall–Kier alpha value is -3.62. The molecule has 0 aliphatic carbocycles. The van der Waals surface area contributed by atoms with Crippen LogP contribution in [0.15, 0.2) is 41.5 Å². The number of nitrogens with one attached hydrogen (secondary N) is 1. The number of hydrazone groups is 1. The van der Waals surface area contributed by atoms with Gasteiger partial charge in [-0.05, 0) is 38.1 Å². The van der Waals surface area contributed by atoms with Crippen molar-refractivity contribution in [3.8, 4) is 11.5 Å². The molecule has 9 heteroatoms. The topological polar surface area (TPSA) is 123 Å². The average Bonchev–Trinajstić information content (AvgIpc) is 2.62. The monoisotopic (exact) mass is 373 g/mol. The van der Waals surface area contributed by atoms with Gasteiger partial charge in [-0.25, -0.2) is 4.79 Å². The van der Waals surface area contributed by atoms with Crippen molar-refractivity contribution in [1.29, 1.82) is 0 Å². The molecule has 0 radical (unpaired) electrons. The van der Waals surface area contributed by atoms with Crippen molar-refractivity contribution in [2.24, 2.45) is 5.10 Å². The van der Waals surface area contributed by atoms with Gasteiger partial charge in [0.1, 0.15) is 0 Å². The second kappa shape index (κ2) is 8.65. The van der Waals surface area contributed by atoms with E-state index in [0.717, 1.165) is 0 Å². The van der Waals surface area contributed by atoms with Crippen LogP contribution in [0.5, 0.6) is 11.5 Å². The maximum atomic E-state index is 11.4. The quantitative estimate of drug-likeness (QED) is 0.412. The molecule has 0 saturated heterocycles. The van der Waals surface area contributed by atoms with Crippen molar-refractivity contribution < 1.29 is 24.3 Å². The maximum absolute atomic E-state index is 11.4. The minimum atomic E-state index is -1.05. The molecular weight excluding hydrogens is 354 g/mol. The van der Waals surface area contributed by atoms with E-state index < -0.39 is 10.9 Å². The molecule has 0 aliphatic heterocycles. The van der Waals surface area contributed by atoms with E-state index in [1.165, 1.54) is 31.5 Å². The fraction of sp³-hybridized carbons (Fsp3) is 0.222. The van der Waals surface area contributed by atoms with Gasteiger partial charge in [-0.1, -0.05) is 6.07 Å². The van der Waals surface area contributed by atoms with Crippen molar-refractivity contribution in [2.45, 2.75) is 20.0 Å². The zero-order valence-corrected chi connectivity index (χ0v) is 15.0. The number of carboxylic acid groups (broad SMARTS) is 1. The Bertz CT molecular complexity index is 879. The van der Waals surface area contributed by atoms with Crippen LogP contribution in [0.3, 0.4) is 0 Å². The van der Waals surface area contributed by atoms with Gasteiger partial charge in [0.05, 0.1) is 35.6 Å². The first-order valence-corrected chi connectivity index (χ1v) is 7.97. The summed E-state index contributed by atoms with van der Waals surface area (Å²) in [6.07, 6.45) is 1.10. The van der Waals surface area contributed by atoms with Crippen LogP contribution in [0, 0.1) is 10.1 Å². The summed E-state index contributed by atoms with van der Waals surface area (Å²) < 4.78 is 10.7. The van der Waals surface area contributed by atoms with Crippen molar-refractivity contribution >= 4 is 23.6 Å². The molecule has 0 aromatic heterocycles. The number of benzene rings is 2. The molecule has 0 spiro atoms. The molecule has 0 fully saturated rings. The largest absolute Gasteiger partial charge is 0.493 e. The van der Waals surface area contributed by atoms with Gasteiger partial charge in [0.2, 0.25) is 5.75 Å². The number of rotatable bonds is 8. The molecular formula is C18H19N3O6. The van der Waals surface area contributed by atoms with E-state index in [1.54, 1.807) is 32.0 Å². The Balaban J connectivity index is 2.29. The highest BCUT2D eigenvalue weighted by Gasteiger charge is 2.22. The lowest BCUT2D eigenvalue weighted by Crippen LogP contribution is -2.09. The van der Waals surface area contributed by atoms with Crippen LogP contribution in [0.2, 0.25) is 0 Å². The van der Waals surface area contributed by atoms with Gasteiger partial charge in [0, 0.05) is 11.6 Å². The van der Waals surface area contributed by atoms with Crippen molar-refractivity contribution in [3.05, 3.63) is 57.6 Å². The first-order valence-electron chi connectivity index (χ1n) is 7.97. The normalized spacial score (nSPS) is 10.8. The van der Waals surface area contributed by atoms with E-state index in [0.29, 0.717) is 11.3 Å². The molecule has 0 amide bonds. The van der Waals surface area contributed by atoms with Crippen LogP contribution in [-0.2, 0) is 0 Å². The molecule has 0 aliphatic rings. The average molecular weight is 373 g/mol. The van der Waals surface area contributed by atoms with E-state index >= 15 is 0 Å². The zero-order valence-electron chi connectivity index (χ0n) is 15.0. The van der Waals surface area contributed by atoms with E-state index in [2.05, 4.69) is 10.5 Å². The Kier molecular flexibility index (Phi) is 6.32. The Morgan fingerprint density at radius 2 is 2.07 bits per heavy atom. The number of hydrogen-bond donors (Lipinski definition) is 2. The molecule has 2 aromatic rings. The predicted octanol–water partition coefficient (Wildman–Crippen LogP) is 3.53. The number of aromatic carboxylic acids is 1. The summed E-state index contributed by atoms with van der Waals surface area (Å²) >= 11 is 0. The van der Waals surface area contributed by atoms with Gasteiger partial charge in [0.15, 0.2) is 5.75 Å². The number of nitrogens with zero attached hydrogens (tertiary/aromatic N) is 2. The summed E-state index contributed by atoms with van der Waals surface area (Å²) in [5.74, 6) is -0.785. The minimum absolute atomic E-state index is 0.0526. The van der Waals surface area contributed by atoms with Gasteiger partial charge in [-0.2, -0.15) is 5.10 Å². The first-order chi connectivity index (χ1) is 12.8. The third-order valence-electron chi connectivity index (χ3n) is 3.34. The number of carbonyl (C=O) groups is 1. The fourth-order valence-electron chi connectivity index (χ4n) is 2.23. The minimum Gasteiger partial charge on any atom is -0.493 e. The zero-order chi connectivity index (χ0) is 20.0. The highest BCUT2D eigenvalue weighted by Crippen LogP contribution is 2.38. The van der Waals surface area contributed by atoms with E-state index in [1.807, 2.05) is 0 Å². The standard InChI is InChI=1S/C18H19N3O6/c1-11(2)27-17-15(21(24)25)7-12(8-16(17)26-3)10-19-20-14-6-4-5-13(9-14)18(22)23/h4-11,20H,1-3H3,(H,22,23)/b19-10+. The van der Waals surface area contributed by atoms with Gasteiger partial charge >= 0.3 is 11.7 Å². The van der Waals surface area contributed by atoms with Crippen LogP contribution in [0.1, 0.15) is 29.8 Å². The Labute approximate surface area is 155 Å². The number of ether oxygens (including phenoxy) is 2. The smallest absolute Gasteiger partial charge is 0.335 e. The molecule has 0 heterocycles. The molecule has 27 heavy (non-hydrogen) atoms. The van der Waals surface area contributed by atoms with Crippen LogP contribution in [0.4, 0.5) is 11.4 Å². The summed E-state index contributed by atoms with van der Waals surface area (Å²) in [4.78, 5) is 21.8. The van der Waals surface area contributed by atoms with Gasteiger partial charge < -0.3 is 14.6 Å². The summed E-state index contributed by atoms with van der Waals surface area (Å²) in [6.45, 7) is 3.52. The summed E-state index contributed by atoms with van der Waals surface area (Å²) in [5, 5.41) is 24.4. The number of nitro benzene ring substituents is 1. The number of anilines is 1. The van der Waals surface area contributed by atoms with Gasteiger partial charge in [-0.3, -0.25) is 15.5 Å². The molecule has 0 atom stereocenters. The fourth-order valence-corrected chi connectivity index (χ4v) is 2.23. The molecule has 2 aromatic carbocycles. The summed E-state index contributed by atoms with van der Waals surface area (Å²) in [7, 11) is 1.39. The van der Waals surface area contributed by atoms with Crippen molar-refractivity contribution in [3.63, 3.8) is 0 Å².